The first-order valence-corrected chi connectivity index (χ1v) is 8.88. The van der Waals surface area contributed by atoms with Crippen molar-refractivity contribution in [2.75, 3.05) is 5.32 Å². The molecule has 139 valence electrons. The zero-order valence-corrected chi connectivity index (χ0v) is 15.0. The molecule has 0 aliphatic heterocycles. The molecule has 0 amide bonds. The Morgan fingerprint density at radius 1 is 0.786 bits per heavy atom. The number of aromatic hydroxyl groups is 2. The summed E-state index contributed by atoms with van der Waals surface area (Å²) in [4.78, 5) is 26.0. The van der Waals surface area contributed by atoms with Gasteiger partial charge in [0.1, 0.15) is 11.5 Å². The van der Waals surface area contributed by atoms with Crippen LogP contribution in [0.3, 0.4) is 0 Å². The fourth-order valence-electron chi connectivity index (χ4n) is 3.57. The van der Waals surface area contributed by atoms with Crippen LogP contribution in [-0.2, 0) is 6.42 Å². The number of hydrogen-bond acceptors (Lipinski definition) is 5. The van der Waals surface area contributed by atoms with Crippen molar-refractivity contribution in [2.45, 2.75) is 12.5 Å². The molecule has 1 atom stereocenters. The van der Waals surface area contributed by atoms with Gasteiger partial charge in [0.2, 0.25) is 0 Å². The molecule has 28 heavy (non-hydrogen) atoms. The third-order valence-electron chi connectivity index (χ3n) is 4.84. The van der Waals surface area contributed by atoms with E-state index in [1.807, 2.05) is 30.3 Å². The van der Waals surface area contributed by atoms with Crippen molar-refractivity contribution in [3.63, 3.8) is 0 Å². The van der Waals surface area contributed by atoms with Gasteiger partial charge in [-0.05, 0) is 37.1 Å². The summed E-state index contributed by atoms with van der Waals surface area (Å²) in [5.74, 6) is -1.53. The second-order valence-electron chi connectivity index (χ2n) is 6.77. The summed E-state index contributed by atoms with van der Waals surface area (Å²) < 4.78 is 0. The van der Waals surface area contributed by atoms with E-state index in [4.69, 9.17) is 0 Å². The van der Waals surface area contributed by atoms with Crippen molar-refractivity contribution in [3.05, 3.63) is 95.4 Å². The second kappa shape index (κ2) is 6.85. The Bertz CT molecular complexity index is 1090. The summed E-state index contributed by atoms with van der Waals surface area (Å²) in [6.45, 7) is 4.09. The van der Waals surface area contributed by atoms with Crippen LogP contribution in [0.1, 0.15) is 37.4 Å². The molecule has 0 saturated heterocycles. The molecule has 0 bridgehead atoms. The van der Waals surface area contributed by atoms with Crippen LogP contribution < -0.4 is 5.32 Å². The normalized spacial score (nSPS) is 13.6. The van der Waals surface area contributed by atoms with Crippen molar-refractivity contribution in [1.82, 2.24) is 0 Å². The quantitative estimate of drug-likeness (QED) is 0.475. The van der Waals surface area contributed by atoms with Crippen LogP contribution in [0.4, 0.5) is 5.69 Å². The van der Waals surface area contributed by atoms with E-state index in [1.165, 1.54) is 24.3 Å². The Morgan fingerprint density at radius 2 is 1.50 bits per heavy atom. The van der Waals surface area contributed by atoms with Crippen LogP contribution in [0.15, 0.2) is 60.7 Å². The highest BCUT2D eigenvalue weighted by atomic mass is 16.3. The average molecular weight is 372 g/mol. The Hall–Kier alpha value is -3.60. The minimum Gasteiger partial charge on any atom is -0.507 e. The van der Waals surface area contributed by atoms with E-state index in [2.05, 4.69) is 12.2 Å². The van der Waals surface area contributed by atoms with Gasteiger partial charge >= 0.3 is 0 Å². The number of nitrogens with one attached hydrogen (secondary N) is 1. The number of fused-ring (bicyclic) bond motifs is 2. The predicted molar refractivity (Wildman–Crippen MR) is 106 cm³/mol. The zero-order chi connectivity index (χ0) is 19.8. The first-order valence-electron chi connectivity index (χ1n) is 8.88. The summed E-state index contributed by atoms with van der Waals surface area (Å²) in [6, 6.07) is 16.8. The lowest BCUT2D eigenvalue weighted by molar-refractivity contribution is 0.0975. The maximum Gasteiger partial charge on any atom is 0.200 e. The molecular weight excluding hydrogens is 354 g/mol. The standard InChI is InChI=1S/C23H18NO4/c1-13(12-14-6-3-2-4-7-14)24-16-10-11-18(26)21-20(16)23(28)19-15(22(21)27)8-5-9-17(19)25/h2-11,13,24-26H,1,12H2/t13-/m0/s1. The highest BCUT2D eigenvalue weighted by Gasteiger charge is 2.36. The van der Waals surface area contributed by atoms with Gasteiger partial charge in [-0.2, -0.15) is 0 Å². The lowest BCUT2D eigenvalue weighted by Gasteiger charge is -2.24. The first-order chi connectivity index (χ1) is 13.5. The lowest BCUT2D eigenvalue weighted by Crippen LogP contribution is -2.25. The van der Waals surface area contributed by atoms with Gasteiger partial charge in [0.05, 0.1) is 16.7 Å². The van der Waals surface area contributed by atoms with Gasteiger partial charge in [-0.3, -0.25) is 9.59 Å². The van der Waals surface area contributed by atoms with Crippen molar-refractivity contribution >= 4 is 17.3 Å². The monoisotopic (exact) mass is 372 g/mol. The van der Waals surface area contributed by atoms with Crippen molar-refractivity contribution < 1.29 is 19.8 Å². The topological polar surface area (TPSA) is 86.6 Å². The molecule has 1 radical (unpaired) electrons. The minimum absolute atomic E-state index is 0.0441. The number of carbonyl (C=O) groups is 2. The molecule has 3 N–H and O–H groups in total. The van der Waals surface area contributed by atoms with Gasteiger partial charge in [0.25, 0.3) is 0 Å². The molecule has 1 aliphatic carbocycles. The number of rotatable bonds is 4. The largest absolute Gasteiger partial charge is 0.507 e. The number of phenols is 2. The Labute approximate surface area is 162 Å². The van der Waals surface area contributed by atoms with Crippen molar-refractivity contribution in [2.24, 2.45) is 0 Å². The summed E-state index contributed by atoms with van der Waals surface area (Å²) in [6.07, 6.45) is 0.612. The SMILES string of the molecule is [CH2][C@@H](Cc1ccccc1)Nc1ccc(O)c2c1C(=O)c1c(O)cccc1C2=O. The summed E-state index contributed by atoms with van der Waals surface area (Å²) >= 11 is 0. The maximum atomic E-state index is 13.1. The highest BCUT2D eigenvalue weighted by Crippen LogP contribution is 2.39. The van der Waals surface area contributed by atoms with Crippen LogP contribution >= 0.6 is 0 Å². The van der Waals surface area contributed by atoms with Gasteiger partial charge in [-0.25, -0.2) is 0 Å². The molecule has 5 heteroatoms. The van der Waals surface area contributed by atoms with E-state index in [0.29, 0.717) is 12.1 Å². The molecule has 0 unspecified atom stereocenters. The average Bonchev–Trinajstić information content (AvgIpc) is 2.68. The van der Waals surface area contributed by atoms with Gasteiger partial charge in [-0.15, -0.1) is 0 Å². The van der Waals surface area contributed by atoms with E-state index < -0.39 is 11.6 Å². The van der Waals surface area contributed by atoms with Crippen molar-refractivity contribution in [1.29, 1.82) is 0 Å². The molecule has 5 nitrogen and oxygen atoms in total. The molecule has 0 spiro atoms. The molecule has 0 fully saturated rings. The third kappa shape index (κ3) is 2.91. The van der Waals surface area contributed by atoms with Gasteiger partial charge < -0.3 is 15.5 Å². The van der Waals surface area contributed by atoms with Crippen molar-refractivity contribution in [3.8, 4) is 11.5 Å². The molecule has 1 aliphatic rings. The Kier molecular flexibility index (Phi) is 4.35. The van der Waals surface area contributed by atoms with Gasteiger partial charge in [-0.1, -0.05) is 42.5 Å². The van der Waals surface area contributed by atoms with E-state index in [-0.39, 0.29) is 39.8 Å². The maximum absolute atomic E-state index is 13.1. The minimum atomic E-state index is -0.506. The van der Waals surface area contributed by atoms with Gasteiger partial charge in [0, 0.05) is 17.3 Å². The number of carbonyl (C=O) groups excluding carboxylic acids is 2. The second-order valence-corrected chi connectivity index (χ2v) is 6.77. The van der Waals surface area contributed by atoms with E-state index in [9.17, 15) is 19.8 Å². The third-order valence-corrected chi connectivity index (χ3v) is 4.84. The summed E-state index contributed by atoms with van der Waals surface area (Å²) in [5, 5.41) is 23.6. The summed E-state index contributed by atoms with van der Waals surface area (Å²) in [5.41, 5.74) is 1.52. The molecular formula is C23H18NO4. The number of phenolic OH excluding ortho intramolecular Hbond substituents is 2. The van der Waals surface area contributed by atoms with Gasteiger partial charge in [0.15, 0.2) is 11.6 Å². The Morgan fingerprint density at radius 3 is 2.25 bits per heavy atom. The zero-order valence-electron chi connectivity index (χ0n) is 15.0. The Balaban J connectivity index is 1.75. The summed E-state index contributed by atoms with van der Waals surface area (Å²) in [7, 11) is 0. The van der Waals surface area contributed by atoms with Crippen LogP contribution in [0, 0.1) is 6.92 Å². The smallest absolute Gasteiger partial charge is 0.200 e. The molecule has 3 aromatic rings. The molecule has 3 aromatic carbocycles. The molecule has 4 rings (SSSR count). The highest BCUT2D eigenvalue weighted by molar-refractivity contribution is 6.31. The fourth-order valence-corrected chi connectivity index (χ4v) is 3.57. The number of ketones is 2. The van der Waals surface area contributed by atoms with E-state index in [1.54, 1.807) is 6.07 Å². The molecule has 0 aromatic heterocycles. The fraction of sp³-hybridized carbons (Fsp3) is 0.0870. The predicted octanol–water partition coefficient (Wildman–Crippen LogP) is 3.73. The molecule has 0 saturated carbocycles. The van der Waals surface area contributed by atoms with Crippen LogP contribution in [0.25, 0.3) is 0 Å². The van der Waals surface area contributed by atoms with Crippen LogP contribution in [0.2, 0.25) is 0 Å². The number of benzene rings is 3. The number of hydrogen-bond donors (Lipinski definition) is 3. The number of anilines is 1. The van der Waals surface area contributed by atoms with E-state index in [0.717, 1.165) is 5.56 Å². The van der Waals surface area contributed by atoms with E-state index >= 15 is 0 Å². The first kappa shape index (κ1) is 17.8. The molecule has 0 heterocycles. The van der Waals surface area contributed by atoms with Crippen LogP contribution in [0.5, 0.6) is 11.5 Å². The van der Waals surface area contributed by atoms with Crippen LogP contribution in [-0.4, -0.2) is 27.8 Å². The lowest BCUT2D eigenvalue weighted by atomic mass is 9.82.